The first-order valence-corrected chi connectivity index (χ1v) is 24.1. The monoisotopic (exact) mass is 513 g/mol. The molecule has 8 heteroatoms. The zero-order chi connectivity index (χ0) is 24.6. The Bertz CT molecular complexity index is 683. The van der Waals surface area contributed by atoms with Crippen molar-refractivity contribution in [2.45, 2.75) is 82.0 Å². The SMILES string of the molecule is CO[Si](CCC[Si](C)(C)CC[Si](C)(C)CC[Si](C)(C)c1cccc(N(C)C)c1)(OC)OC. The second kappa shape index (κ2) is 12.5. The van der Waals surface area contributed by atoms with Gasteiger partial charge in [-0.3, -0.25) is 0 Å². The van der Waals surface area contributed by atoms with E-state index in [1.807, 2.05) is 0 Å². The second-order valence-electron chi connectivity index (χ2n) is 11.8. The van der Waals surface area contributed by atoms with E-state index >= 15 is 0 Å². The van der Waals surface area contributed by atoms with Crippen LogP contribution in [0.3, 0.4) is 0 Å². The molecule has 1 rings (SSSR count). The first-order valence-electron chi connectivity index (χ1n) is 12.1. The summed E-state index contributed by atoms with van der Waals surface area (Å²) in [5.74, 6) is 0. The minimum atomic E-state index is -2.42. The summed E-state index contributed by atoms with van der Waals surface area (Å²) in [4.78, 5) is 2.22. The molecule has 0 bridgehead atoms. The van der Waals surface area contributed by atoms with Crippen LogP contribution in [0.15, 0.2) is 24.3 Å². The molecule has 32 heavy (non-hydrogen) atoms. The number of rotatable bonds is 15. The Hall–Kier alpha value is -0.232. The summed E-state index contributed by atoms with van der Waals surface area (Å²) in [5, 5.41) is 1.60. The highest BCUT2D eigenvalue weighted by molar-refractivity contribution is 6.91. The third kappa shape index (κ3) is 9.56. The van der Waals surface area contributed by atoms with E-state index in [1.165, 1.54) is 35.9 Å². The minimum absolute atomic E-state index is 0.930. The van der Waals surface area contributed by atoms with Gasteiger partial charge in [-0.15, -0.1) is 0 Å². The van der Waals surface area contributed by atoms with Crippen LogP contribution in [-0.4, -0.2) is 68.5 Å². The summed E-state index contributed by atoms with van der Waals surface area (Å²) in [6, 6.07) is 17.3. The van der Waals surface area contributed by atoms with Gasteiger partial charge in [0.1, 0.15) is 0 Å². The lowest BCUT2D eigenvalue weighted by Gasteiger charge is -2.32. The lowest BCUT2D eigenvalue weighted by molar-refractivity contribution is 0.123. The van der Waals surface area contributed by atoms with Gasteiger partial charge in [0.15, 0.2) is 0 Å². The summed E-state index contributed by atoms with van der Waals surface area (Å²) in [6.45, 7) is 15.5. The summed E-state index contributed by atoms with van der Waals surface area (Å²) < 4.78 is 16.8. The van der Waals surface area contributed by atoms with Gasteiger partial charge in [-0.1, -0.05) is 93.2 Å². The molecular formula is C24H51NO3Si4. The number of anilines is 1. The molecule has 0 N–H and O–H groups in total. The maximum absolute atomic E-state index is 5.60. The van der Waals surface area contributed by atoms with E-state index in [0.29, 0.717) is 0 Å². The van der Waals surface area contributed by atoms with Gasteiger partial charge in [-0.2, -0.15) is 0 Å². The summed E-state index contributed by atoms with van der Waals surface area (Å²) in [7, 11) is 3.19. The molecule has 1 aromatic carbocycles. The minimum Gasteiger partial charge on any atom is -0.378 e. The molecule has 0 saturated carbocycles. The number of nitrogens with zero attached hydrogens (tertiary/aromatic N) is 1. The maximum Gasteiger partial charge on any atom is 0.500 e. The third-order valence-corrected chi connectivity index (χ3v) is 21.0. The quantitative estimate of drug-likeness (QED) is 0.256. The highest BCUT2D eigenvalue weighted by atomic mass is 28.4. The lowest BCUT2D eigenvalue weighted by atomic mass is 10.3. The van der Waals surface area contributed by atoms with E-state index in [0.717, 1.165) is 12.5 Å². The Kier molecular flexibility index (Phi) is 11.6. The Morgan fingerprint density at radius 2 is 1.19 bits per heavy atom. The van der Waals surface area contributed by atoms with Gasteiger partial charge in [0.2, 0.25) is 0 Å². The van der Waals surface area contributed by atoms with Crippen molar-refractivity contribution in [1.82, 2.24) is 0 Å². The topological polar surface area (TPSA) is 30.9 Å². The van der Waals surface area contributed by atoms with Crippen molar-refractivity contribution in [3.8, 4) is 0 Å². The molecule has 4 nitrogen and oxygen atoms in total. The fourth-order valence-corrected chi connectivity index (χ4v) is 20.0. The van der Waals surface area contributed by atoms with Crippen molar-refractivity contribution in [3.05, 3.63) is 24.3 Å². The van der Waals surface area contributed by atoms with Crippen molar-refractivity contribution in [2.75, 3.05) is 40.3 Å². The second-order valence-corrected chi connectivity index (χ2v) is 30.4. The largest absolute Gasteiger partial charge is 0.500 e. The fourth-order valence-electron chi connectivity index (χ4n) is 4.27. The number of hydrogen-bond donors (Lipinski definition) is 0. The van der Waals surface area contributed by atoms with Crippen LogP contribution in [0, 0.1) is 0 Å². The van der Waals surface area contributed by atoms with E-state index in [1.54, 1.807) is 26.5 Å². The maximum atomic E-state index is 5.60. The van der Waals surface area contributed by atoms with Gasteiger partial charge in [-0.05, 0) is 12.1 Å². The Labute approximate surface area is 203 Å². The van der Waals surface area contributed by atoms with Crippen molar-refractivity contribution >= 4 is 43.9 Å². The molecule has 0 amide bonds. The fraction of sp³-hybridized carbons (Fsp3) is 0.750. The van der Waals surface area contributed by atoms with E-state index in [-0.39, 0.29) is 0 Å². The molecule has 0 aliphatic rings. The van der Waals surface area contributed by atoms with Crippen LogP contribution in [0.4, 0.5) is 5.69 Å². The Morgan fingerprint density at radius 1 is 0.688 bits per heavy atom. The van der Waals surface area contributed by atoms with E-state index < -0.39 is 33.0 Å². The average Bonchev–Trinajstić information content (AvgIpc) is 2.75. The van der Waals surface area contributed by atoms with Gasteiger partial charge < -0.3 is 18.2 Å². The van der Waals surface area contributed by atoms with Crippen LogP contribution in [0.2, 0.25) is 75.5 Å². The first-order chi connectivity index (χ1) is 14.7. The zero-order valence-electron chi connectivity index (χ0n) is 22.9. The summed E-state index contributed by atoms with van der Waals surface area (Å²) in [5.41, 5.74) is 1.33. The first kappa shape index (κ1) is 29.8. The van der Waals surface area contributed by atoms with Crippen molar-refractivity contribution in [3.63, 3.8) is 0 Å². The zero-order valence-corrected chi connectivity index (χ0v) is 26.9. The third-order valence-electron chi connectivity index (χ3n) is 7.32. The van der Waals surface area contributed by atoms with Gasteiger partial charge in [0, 0.05) is 63.3 Å². The highest BCUT2D eigenvalue weighted by Crippen LogP contribution is 2.31. The normalized spacial score (nSPS) is 13.5. The summed E-state index contributed by atoms with van der Waals surface area (Å²) in [6.07, 6.45) is 1.16. The Balaban J connectivity index is 2.60. The molecule has 0 atom stereocenters. The molecule has 186 valence electrons. The predicted octanol–water partition coefficient (Wildman–Crippen LogP) is 6.35. The van der Waals surface area contributed by atoms with Crippen LogP contribution in [0.5, 0.6) is 0 Å². The van der Waals surface area contributed by atoms with Gasteiger partial charge in [-0.25, -0.2) is 0 Å². The molecule has 0 aliphatic heterocycles. The molecule has 0 aliphatic carbocycles. The molecule has 0 radical (unpaired) electrons. The highest BCUT2D eigenvalue weighted by Gasteiger charge is 2.38. The predicted molar refractivity (Wildman–Crippen MR) is 153 cm³/mol. The van der Waals surface area contributed by atoms with E-state index in [2.05, 4.69) is 82.5 Å². The summed E-state index contributed by atoms with van der Waals surface area (Å²) >= 11 is 0. The molecule has 0 spiro atoms. The molecule has 0 heterocycles. The lowest BCUT2D eigenvalue weighted by Crippen LogP contribution is -2.44. The molecule has 0 fully saturated rings. The molecule has 0 saturated heterocycles. The van der Waals surface area contributed by atoms with Gasteiger partial charge in [0.25, 0.3) is 0 Å². The number of benzene rings is 1. The van der Waals surface area contributed by atoms with Crippen molar-refractivity contribution < 1.29 is 13.3 Å². The van der Waals surface area contributed by atoms with Crippen LogP contribution < -0.4 is 10.1 Å². The van der Waals surface area contributed by atoms with Gasteiger partial charge in [0.05, 0.1) is 8.07 Å². The van der Waals surface area contributed by atoms with Crippen molar-refractivity contribution in [1.29, 1.82) is 0 Å². The average molecular weight is 514 g/mol. The van der Waals surface area contributed by atoms with Crippen molar-refractivity contribution in [2.24, 2.45) is 0 Å². The molecular weight excluding hydrogens is 463 g/mol. The van der Waals surface area contributed by atoms with Crippen LogP contribution >= 0.6 is 0 Å². The Morgan fingerprint density at radius 3 is 1.69 bits per heavy atom. The van der Waals surface area contributed by atoms with E-state index in [4.69, 9.17) is 13.3 Å². The standard InChI is InChI=1S/C24H51NO3Si4/c1-25(2)23-14-12-15-24(22-23)31(10,11)21-20-30(8,9)19-18-29(6,7)16-13-17-32(26-3,27-4)28-5/h12,14-15,22H,13,16-21H2,1-11H3. The van der Waals surface area contributed by atoms with Crippen LogP contribution in [-0.2, 0) is 13.3 Å². The van der Waals surface area contributed by atoms with Crippen LogP contribution in [0.25, 0.3) is 0 Å². The van der Waals surface area contributed by atoms with E-state index in [9.17, 15) is 0 Å². The molecule has 0 aromatic heterocycles. The van der Waals surface area contributed by atoms with Crippen LogP contribution in [0.1, 0.15) is 6.42 Å². The molecule has 0 unspecified atom stereocenters. The smallest absolute Gasteiger partial charge is 0.378 e. The van der Waals surface area contributed by atoms with Gasteiger partial charge >= 0.3 is 8.80 Å². The number of hydrogen-bond acceptors (Lipinski definition) is 4. The molecule has 1 aromatic rings.